The van der Waals surface area contributed by atoms with Crippen LogP contribution in [0.25, 0.3) is 6.08 Å². The van der Waals surface area contributed by atoms with Crippen molar-refractivity contribution in [3.63, 3.8) is 0 Å². The smallest absolute Gasteiger partial charge is 0.232 e. The van der Waals surface area contributed by atoms with Crippen LogP contribution in [0.1, 0.15) is 31.7 Å². The molecule has 0 spiro atoms. The summed E-state index contributed by atoms with van der Waals surface area (Å²) in [6, 6.07) is 7.49. The normalized spacial score (nSPS) is 16.8. The largest absolute Gasteiger partial charge is 0.494 e. The molecule has 0 radical (unpaired) electrons. The highest BCUT2D eigenvalue weighted by molar-refractivity contribution is 6.16. The van der Waals surface area contributed by atoms with Crippen molar-refractivity contribution in [2.75, 3.05) is 6.61 Å². The average molecular weight is 259 g/mol. The Hall–Kier alpha value is -2.10. The highest BCUT2D eigenvalue weighted by atomic mass is 16.5. The Morgan fingerprint density at radius 2 is 2.21 bits per heavy atom. The molecule has 1 aromatic rings. The zero-order valence-electron chi connectivity index (χ0n) is 10.9. The van der Waals surface area contributed by atoms with Crippen LogP contribution in [0.2, 0.25) is 0 Å². The Balaban J connectivity index is 2.08. The third kappa shape index (κ3) is 3.68. The fourth-order valence-electron chi connectivity index (χ4n) is 1.82. The van der Waals surface area contributed by atoms with Gasteiger partial charge in [-0.2, -0.15) is 0 Å². The molecule has 0 bridgehead atoms. The molecular formula is C15H17NO3. The second-order valence-electron chi connectivity index (χ2n) is 4.48. The zero-order chi connectivity index (χ0) is 13.7. The molecular weight excluding hydrogens is 242 g/mol. The molecule has 19 heavy (non-hydrogen) atoms. The fraction of sp³-hybridized carbons (Fsp3) is 0.333. The summed E-state index contributed by atoms with van der Waals surface area (Å²) in [4.78, 5) is 22.6. The number of ketones is 1. The van der Waals surface area contributed by atoms with Gasteiger partial charge < -0.3 is 10.1 Å². The van der Waals surface area contributed by atoms with Crippen LogP contribution in [-0.4, -0.2) is 18.3 Å². The first-order valence-corrected chi connectivity index (χ1v) is 6.46. The predicted molar refractivity (Wildman–Crippen MR) is 72.6 cm³/mol. The average Bonchev–Trinajstić information content (AvgIpc) is 2.69. The summed E-state index contributed by atoms with van der Waals surface area (Å²) >= 11 is 0. The quantitative estimate of drug-likeness (QED) is 0.501. The van der Waals surface area contributed by atoms with Crippen LogP contribution in [0.3, 0.4) is 0 Å². The van der Waals surface area contributed by atoms with Crippen molar-refractivity contribution in [1.82, 2.24) is 5.32 Å². The minimum Gasteiger partial charge on any atom is -0.494 e. The summed E-state index contributed by atoms with van der Waals surface area (Å²) in [5.41, 5.74) is 1.20. The highest BCUT2D eigenvalue weighted by Gasteiger charge is 2.23. The van der Waals surface area contributed by atoms with Crippen LogP contribution in [-0.2, 0) is 9.59 Å². The van der Waals surface area contributed by atoms with Crippen LogP contribution >= 0.6 is 0 Å². The number of unbranched alkanes of at least 4 members (excludes halogenated alkanes) is 1. The minimum absolute atomic E-state index is 0.0570. The van der Waals surface area contributed by atoms with Crippen molar-refractivity contribution < 1.29 is 14.3 Å². The van der Waals surface area contributed by atoms with Gasteiger partial charge in [0.1, 0.15) is 5.75 Å². The lowest BCUT2D eigenvalue weighted by Crippen LogP contribution is -2.12. The van der Waals surface area contributed by atoms with E-state index in [1.165, 1.54) is 0 Å². The SMILES string of the molecule is CCCCOc1cccc(/C=C2\NC(=O)CC2=O)c1. The molecule has 0 unspecified atom stereocenters. The van der Waals surface area contributed by atoms with Gasteiger partial charge in [0.2, 0.25) is 5.91 Å². The number of amides is 1. The molecule has 4 heteroatoms. The molecule has 100 valence electrons. The second kappa shape index (κ2) is 6.18. The maximum Gasteiger partial charge on any atom is 0.232 e. The Morgan fingerprint density at radius 3 is 2.89 bits per heavy atom. The van der Waals surface area contributed by atoms with Gasteiger partial charge in [0.25, 0.3) is 0 Å². The van der Waals surface area contributed by atoms with Crippen LogP contribution in [0.15, 0.2) is 30.0 Å². The van der Waals surface area contributed by atoms with E-state index in [0.717, 1.165) is 24.2 Å². The molecule has 1 heterocycles. The van der Waals surface area contributed by atoms with E-state index >= 15 is 0 Å². The van der Waals surface area contributed by atoms with Crippen molar-refractivity contribution in [1.29, 1.82) is 0 Å². The Morgan fingerprint density at radius 1 is 1.37 bits per heavy atom. The van der Waals surface area contributed by atoms with Crippen LogP contribution in [0.4, 0.5) is 0 Å². The van der Waals surface area contributed by atoms with Crippen molar-refractivity contribution in [2.24, 2.45) is 0 Å². The van der Waals surface area contributed by atoms with Crippen molar-refractivity contribution in [3.05, 3.63) is 35.5 Å². The summed E-state index contributed by atoms with van der Waals surface area (Å²) in [7, 11) is 0. The molecule has 0 atom stereocenters. The number of Topliss-reactive ketones (excluding diaryl/α,β-unsaturated/α-hetero) is 1. The maximum absolute atomic E-state index is 11.5. The van der Waals surface area contributed by atoms with E-state index < -0.39 is 0 Å². The standard InChI is InChI=1S/C15H17NO3/c1-2-3-7-19-12-6-4-5-11(8-12)9-13-14(17)10-15(18)16-13/h4-6,8-9H,2-3,7,10H2,1H3,(H,16,18)/b13-9-. The summed E-state index contributed by atoms with van der Waals surface area (Å²) in [6.45, 7) is 2.80. The van der Waals surface area contributed by atoms with Gasteiger partial charge in [-0.25, -0.2) is 0 Å². The Kier molecular flexibility index (Phi) is 4.34. The van der Waals surface area contributed by atoms with Gasteiger partial charge in [0, 0.05) is 0 Å². The van der Waals surface area contributed by atoms with Crippen LogP contribution in [0.5, 0.6) is 5.75 Å². The number of carbonyl (C=O) groups excluding carboxylic acids is 2. The molecule has 1 fully saturated rings. The predicted octanol–water partition coefficient (Wildman–Crippen LogP) is 2.30. The Bertz CT molecular complexity index is 520. The molecule has 1 aliphatic heterocycles. The summed E-state index contributed by atoms with van der Waals surface area (Å²) < 4.78 is 5.60. The van der Waals surface area contributed by atoms with Crippen LogP contribution < -0.4 is 10.1 Å². The van der Waals surface area contributed by atoms with E-state index in [-0.39, 0.29) is 18.1 Å². The maximum atomic E-state index is 11.5. The summed E-state index contributed by atoms with van der Waals surface area (Å²) in [6.07, 6.45) is 3.72. The lowest BCUT2D eigenvalue weighted by atomic mass is 10.1. The van der Waals surface area contributed by atoms with Gasteiger partial charge in [0.05, 0.1) is 18.7 Å². The molecule has 1 N–H and O–H groups in total. The first-order valence-electron chi connectivity index (χ1n) is 6.46. The molecule has 2 rings (SSSR count). The first-order chi connectivity index (χ1) is 9.19. The van der Waals surface area contributed by atoms with Gasteiger partial charge in [0.15, 0.2) is 5.78 Å². The molecule has 1 amide bonds. The van der Waals surface area contributed by atoms with Gasteiger partial charge in [-0.1, -0.05) is 25.5 Å². The highest BCUT2D eigenvalue weighted by Crippen LogP contribution is 2.17. The van der Waals surface area contributed by atoms with E-state index in [0.29, 0.717) is 12.3 Å². The number of carbonyl (C=O) groups is 2. The molecule has 1 aliphatic rings. The number of allylic oxidation sites excluding steroid dienone is 1. The number of hydrogen-bond donors (Lipinski definition) is 1. The van der Waals surface area contributed by atoms with E-state index in [1.807, 2.05) is 24.3 Å². The molecule has 0 aliphatic carbocycles. The topological polar surface area (TPSA) is 55.4 Å². The van der Waals surface area contributed by atoms with Crippen molar-refractivity contribution in [2.45, 2.75) is 26.2 Å². The van der Waals surface area contributed by atoms with Gasteiger partial charge in [-0.3, -0.25) is 9.59 Å². The lowest BCUT2D eigenvalue weighted by molar-refractivity contribution is -0.121. The van der Waals surface area contributed by atoms with E-state index in [9.17, 15) is 9.59 Å². The second-order valence-corrected chi connectivity index (χ2v) is 4.48. The molecule has 1 saturated heterocycles. The molecule has 1 aromatic carbocycles. The number of hydrogen-bond acceptors (Lipinski definition) is 3. The third-order valence-corrected chi connectivity index (χ3v) is 2.83. The zero-order valence-corrected chi connectivity index (χ0v) is 10.9. The number of benzene rings is 1. The van der Waals surface area contributed by atoms with Crippen molar-refractivity contribution >= 4 is 17.8 Å². The number of nitrogens with one attached hydrogen (secondary N) is 1. The van der Waals surface area contributed by atoms with Gasteiger partial charge >= 0.3 is 0 Å². The third-order valence-electron chi connectivity index (χ3n) is 2.83. The van der Waals surface area contributed by atoms with E-state index in [4.69, 9.17) is 4.74 Å². The monoisotopic (exact) mass is 259 g/mol. The fourth-order valence-corrected chi connectivity index (χ4v) is 1.82. The molecule has 0 aromatic heterocycles. The molecule has 4 nitrogen and oxygen atoms in total. The van der Waals surface area contributed by atoms with E-state index in [1.54, 1.807) is 6.08 Å². The number of ether oxygens (including phenoxy) is 1. The lowest BCUT2D eigenvalue weighted by Gasteiger charge is -2.06. The molecule has 0 saturated carbocycles. The van der Waals surface area contributed by atoms with E-state index in [2.05, 4.69) is 12.2 Å². The van der Waals surface area contributed by atoms with Gasteiger partial charge in [-0.15, -0.1) is 0 Å². The summed E-state index contributed by atoms with van der Waals surface area (Å²) in [5, 5.41) is 2.56. The minimum atomic E-state index is -0.244. The first kappa shape index (κ1) is 13.3. The van der Waals surface area contributed by atoms with Crippen LogP contribution in [0, 0.1) is 0 Å². The van der Waals surface area contributed by atoms with Gasteiger partial charge in [-0.05, 0) is 30.2 Å². The Labute approximate surface area is 112 Å². The summed E-state index contributed by atoms with van der Waals surface area (Å²) in [5.74, 6) is 0.369. The number of rotatable bonds is 5. The van der Waals surface area contributed by atoms with Crippen molar-refractivity contribution in [3.8, 4) is 5.75 Å².